The molecular formula is C16H22N4O. The molecule has 1 amide bonds. The molecule has 0 aliphatic carbocycles. The van der Waals surface area contributed by atoms with E-state index >= 15 is 0 Å². The van der Waals surface area contributed by atoms with Gasteiger partial charge in [0.15, 0.2) is 0 Å². The SMILES string of the molecule is Cc1nc2ccccc2n1CCNC(=O)[C@@H]1CCCNC1. The van der Waals surface area contributed by atoms with Crippen LogP contribution in [0.1, 0.15) is 18.7 Å². The first-order valence-corrected chi connectivity index (χ1v) is 7.66. The molecule has 0 radical (unpaired) electrons. The summed E-state index contributed by atoms with van der Waals surface area (Å²) in [4.78, 5) is 16.6. The first-order valence-electron chi connectivity index (χ1n) is 7.66. The Balaban J connectivity index is 1.59. The number of carbonyl (C=O) groups is 1. The van der Waals surface area contributed by atoms with Crippen LogP contribution < -0.4 is 10.6 Å². The maximum absolute atomic E-state index is 12.1. The van der Waals surface area contributed by atoms with Crippen LogP contribution in [0.2, 0.25) is 0 Å². The molecule has 2 heterocycles. The minimum absolute atomic E-state index is 0.124. The van der Waals surface area contributed by atoms with Gasteiger partial charge in [-0.05, 0) is 38.4 Å². The fourth-order valence-electron chi connectivity index (χ4n) is 2.99. The highest BCUT2D eigenvalue weighted by molar-refractivity contribution is 5.79. The lowest BCUT2D eigenvalue weighted by molar-refractivity contribution is -0.125. The number of imidazole rings is 1. The van der Waals surface area contributed by atoms with E-state index in [2.05, 4.69) is 26.3 Å². The van der Waals surface area contributed by atoms with Crippen LogP contribution in [-0.2, 0) is 11.3 Å². The molecule has 0 saturated carbocycles. The molecule has 0 spiro atoms. The summed E-state index contributed by atoms with van der Waals surface area (Å²) < 4.78 is 2.16. The third kappa shape index (κ3) is 3.08. The summed E-state index contributed by atoms with van der Waals surface area (Å²) in [6.45, 7) is 5.25. The number of fused-ring (bicyclic) bond motifs is 1. The zero-order valence-electron chi connectivity index (χ0n) is 12.4. The molecule has 5 heteroatoms. The summed E-state index contributed by atoms with van der Waals surface area (Å²) in [6.07, 6.45) is 2.08. The monoisotopic (exact) mass is 286 g/mol. The molecule has 2 aromatic rings. The van der Waals surface area contributed by atoms with Crippen molar-refractivity contribution in [2.45, 2.75) is 26.3 Å². The first kappa shape index (κ1) is 14.1. The smallest absolute Gasteiger partial charge is 0.224 e. The van der Waals surface area contributed by atoms with Gasteiger partial charge in [-0.15, -0.1) is 0 Å². The van der Waals surface area contributed by atoms with Gasteiger partial charge < -0.3 is 15.2 Å². The standard InChI is InChI=1S/C16H22N4O/c1-12-19-14-6-2-3-7-15(14)20(12)10-9-18-16(21)13-5-4-8-17-11-13/h2-3,6-7,13,17H,4-5,8-11H2,1H3,(H,18,21)/t13-/m1/s1. The molecule has 3 rings (SSSR count). The van der Waals surface area contributed by atoms with Crippen molar-refractivity contribution in [3.05, 3.63) is 30.1 Å². The Morgan fingerprint density at radius 3 is 3.14 bits per heavy atom. The lowest BCUT2D eigenvalue weighted by Gasteiger charge is -2.22. The summed E-state index contributed by atoms with van der Waals surface area (Å²) in [7, 11) is 0. The predicted octanol–water partition coefficient (Wildman–Crippen LogP) is 1.46. The second kappa shape index (κ2) is 6.26. The number of benzene rings is 1. The van der Waals surface area contributed by atoms with Gasteiger partial charge in [0.2, 0.25) is 5.91 Å². The number of aromatic nitrogens is 2. The van der Waals surface area contributed by atoms with Gasteiger partial charge in [0, 0.05) is 19.6 Å². The molecule has 112 valence electrons. The lowest BCUT2D eigenvalue weighted by Crippen LogP contribution is -2.41. The highest BCUT2D eigenvalue weighted by Crippen LogP contribution is 2.15. The third-order valence-electron chi connectivity index (χ3n) is 4.15. The normalized spacial score (nSPS) is 18.8. The van der Waals surface area contributed by atoms with Crippen LogP contribution in [0.25, 0.3) is 11.0 Å². The Kier molecular flexibility index (Phi) is 4.20. The summed E-state index contributed by atoms with van der Waals surface area (Å²) in [6, 6.07) is 8.11. The fraction of sp³-hybridized carbons (Fsp3) is 0.500. The number of amides is 1. The molecule has 5 nitrogen and oxygen atoms in total. The Morgan fingerprint density at radius 2 is 2.33 bits per heavy atom. The molecule has 21 heavy (non-hydrogen) atoms. The van der Waals surface area contributed by atoms with E-state index in [1.807, 2.05) is 25.1 Å². The number of nitrogens with zero attached hydrogens (tertiary/aromatic N) is 2. The van der Waals surface area contributed by atoms with Crippen LogP contribution in [0.15, 0.2) is 24.3 Å². The van der Waals surface area contributed by atoms with Crippen LogP contribution >= 0.6 is 0 Å². The maximum atomic E-state index is 12.1. The van der Waals surface area contributed by atoms with Gasteiger partial charge in [0.1, 0.15) is 5.82 Å². The van der Waals surface area contributed by atoms with Crippen LogP contribution in [0, 0.1) is 12.8 Å². The molecule has 1 aliphatic rings. The number of piperidine rings is 1. The molecule has 0 unspecified atom stereocenters. The van der Waals surface area contributed by atoms with E-state index in [0.29, 0.717) is 6.54 Å². The Labute approximate surface area is 124 Å². The van der Waals surface area contributed by atoms with Crippen LogP contribution in [0.3, 0.4) is 0 Å². The van der Waals surface area contributed by atoms with Crippen molar-refractivity contribution in [2.75, 3.05) is 19.6 Å². The average Bonchev–Trinajstić information content (AvgIpc) is 2.84. The van der Waals surface area contributed by atoms with Gasteiger partial charge in [0.05, 0.1) is 17.0 Å². The van der Waals surface area contributed by atoms with Gasteiger partial charge in [0.25, 0.3) is 0 Å². The Bertz CT molecular complexity index is 628. The number of aryl methyl sites for hydroxylation is 1. The van der Waals surface area contributed by atoms with Gasteiger partial charge in [-0.25, -0.2) is 4.98 Å². The Morgan fingerprint density at radius 1 is 1.48 bits per heavy atom. The van der Waals surface area contributed by atoms with E-state index < -0.39 is 0 Å². The number of rotatable bonds is 4. The van der Waals surface area contributed by atoms with E-state index in [1.54, 1.807) is 0 Å². The number of para-hydroxylation sites is 2. The van der Waals surface area contributed by atoms with E-state index in [9.17, 15) is 4.79 Å². The zero-order chi connectivity index (χ0) is 14.7. The second-order valence-corrected chi connectivity index (χ2v) is 5.63. The molecular weight excluding hydrogens is 264 g/mol. The van der Waals surface area contributed by atoms with Crippen molar-refractivity contribution >= 4 is 16.9 Å². The second-order valence-electron chi connectivity index (χ2n) is 5.63. The van der Waals surface area contributed by atoms with Crippen LogP contribution in [0.4, 0.5) is 0 Å². The minimum atomic E-state index is 0.124. The molecule has 2 N–H and O–H groups in total. The fourth-order valence-corrected chi connectivity index (χ4v) is 2.99. The Hall–Kier alpha value is -1.88. The van der Waals surface area contributed by atoms with Crippen LogP contribution in [-0.4, -0.2) is 35.1 Å². The van der Waals surface area contributed by atoms with Gasteiger partial charge in [-0.2, -0.15) is 0 Å². The van der Waals surface area contributed by atoms with Crippen molar-refractivity contribution in [3.8, 4) is 0 Å². The maximum Gasteiger partial charge on any atom is 0.224 e. The van der Waals surface area contributed by atoms with Crippen molar-refractivity contribution in [1.82, 2.24) is 20.2 Å². The number of carbonyl (C=O) groups excluding carboxylic acids is 1. The average molecular weight is 286 g/mol. The molecule has 1 saturated heterocycles. The van der Waals surface area contributed by atoms with Gasteiger partial charge in [-0.3, -0.25) is 4.79 Å². The van der Waals surface area contributed by atoms with E-state index in [0.717, 1.165) is 49.3 Å². The minimum Gasteiger partial charge on any atom is -0.354 e. The van der Waals surface area contributed by atoms with E-state index in [-0.39, 0.29) is 11.8 Å². The number of nitrogens with one attached hydrogen (secondary N) is 2. The van der Waals surface area contributed by atoms with E-state index in [4.69, 9.17) is 0 Å². The summed E-state index contributed by atoms with van der Waals surface area (Å²) in [5, 5.41) is 6.33. The topological polar surface area (TPSA) is 59.0 Å². The number of hydrogen-bond acceptors (Lipinski definition) is 3. The van der Waals surface area contributed by atoms with Crippen LogP contribution in [0.5, 0.6) is 0 Å². The van der Waals surface area contributed by atoms with Gasteiger partial charge in [-0.1, -0.05) is 12.1 Å². The number of hydrogen-bond donors (Lipinski definition) is 2. The molecule has 1 atom stereocenters. The molecule has 0 bridgehead atoms. The third-order valence-corrected chi connectivity index (χ3v) is 4.15. The first-order chi connectivity index (χ1) is 10.3. The molecule has 1 aromatic heterocycles. The predicted molar refractivity (Wildman–Crippen MR) is 83.1 cm³/mol. The van der Waals surface area contributed by atoms with Crippen molar-refractivity contribution in [3.63, 3.8) is 0 Å². The summed E-state index contributed by atoms with van der Waals surface area (Å²) in [5.74, 6) is 1.29. The van der Waals surface area contributed by atoms with Crippen molar-refractivity contribution < 1.29 is 4.79 Å². The highest BCUT2D eigenvalue weighted by Gasteiger charge is 2.20. The zero-order valence-corrected chi connectivity index (χ0v) is 12.4. The molecule has 1 aliphatic heterocycles. The highest BCUT2D eigenvalue weighted by atomic mass is 16.1. The lowest BCUT2D eigenvalue weighted by atomic mass is 9.99. The van der Waals surface area contributed by atoms with E-state index in [1.165, 1.54) is 0 Å². The summed E-state index contributed by atoms with van der Waals surface area (Å²) in [5.41, 5.74) is 2.14. The quantitative estimate of drug-likeness (QED) is 0.894. The molecule has 1 fully saturated rings. The largest absolute Gasteiger partial charge is 0.354 e. The van der Waals surface area contributed by atoms with Crippen molar-refractivity contribution in [2.24, 2.45) is 5.92 Å². The summed E-state index contributed by atoms with van der Waals surface area (Å²) >= 11 is 0. The van der Waals surface area contributed by atoms with Crippen molar-refractivity contribution in [1.29, 1.82) is 0 Å². The molecule has 1 aromatic carbocycles. The van der Waals surface area contributed by atoms with Gasteiger partial charge >= 0.3 is 0 Å².